The van der Waals surface area contributed by atoms with Gasteiger partial charge >= 0.3 is 0 Å². The molecule has 0 radical (unpaired) electrons. The summed E-state index contributed by atoms with van der Waals surface area (Å²) in [7, 11) is 0. The molecule has 128 valence electrons. The van der Waals surface area contributed by atoms with E-state index in [0.717, 1.165) is 26.2 Å². The summed E-state index contributed by atoms with van der Waals surface area (Å²) in [6.45, 7) is 4.48. The summed E-state index contributed by atoms with van der Waals surface area (Å²) in [5, 5.41) is 10.8. The Morgan fingerprint density at radius 1 is 1.46 bits per heavy atom. The maximum atomic E-state index is 12.0. The number of aromatic nitrogens is 1. The summed E-state index contributed by atoms with van der Waals surface area (Å²) < 4.78 is 10.8. The second-order valence-electron chi connectivity index (χ2n) is 6.54. The molecule has 4 rings (SSSR count). The van der Waals surface area contributed by atoms with Crippen molar-refractivity contribution < 1.29 is 14.1 Å². The van der Waals surface area contributed by atoms with Crippen LogP contribution < -0.4 is 5.32 Å². The summed E-state index contributed by atoms with van der Waals surface area (Å²) in [6, 6.07) is 3.76. The molecular formula is C17H21N3O3S. The van der Waals surface area contributed by atoms with Crippen molar-refractivity contribution in [3.63, 3.8) is 0 Å². The number of nitrogens with zero attached hydrogens (tertiary/aromatic N) is 2. The first-order valence-electron chi connectivity index (χ1n) is 8.33. The lowest BCUT2D eigenvalue weighted by molar-refractivity contribution is 0.0664. The van der Waals surface area contributed by atoms with Crippen molar-refractivity contribution in [2.75, 3.05) is 26.2 Å². The van der Waals surface area contributed by atoms with Gasteiger partial charge in [0.2, 0.25) is 5.76 Å². The van der Waals surface area contributed by atoms with Crippen LogP contribution in [0.5, 0.6) is 0 Å². The lowest BCUT2D eigenvalue weighted by Gasteiger charge is -2.35. The van der Waals surface area contributed by atoms with Crippen LogP contribution in [0.4, 0.5) is 0 Å². The molecule has 2 fully saturated rings. The van der Waals surface area contributed by atoms with E-state index in [1.165, 1.54) is 18.2 Å². The van der Waals surface area contributed by atoms with Gasteiger partial charge in [0.1, 0.15) is 0 Å². The van der Waals surface area contributed by atoms with Crippen molar-refractivity contribution in [3.05, 3.63) is 40.4 Å². The number of ether oxygens (including phenoxy) is 1. The van der Waals surface area contributed by atoms with E-state index in [2.05, 4.69) is 32.2 Å². The summed E-state index contributed by atoms with van der Waals surface area (Å²) >= 11 is 1.75. The molecule has 0 unspecified atom stereocenters. The van der Waals surface area contributed by atoms with Gasteiger partial charge in [0.15, 0.2) is 0 Å². The Labute approximate surface area is 144 Å². The standard InChI is InChI=1S/C17H21N3O3S/c21-17(15-1-4-19-23-15)18-7-16-14-9-20(5-2-13(14)10-22-16)8-12-3-6-24-11-12/h1,3-4,6,11,13-14,16H,2,5,7-10H2,(H,18,21)/t13-,14-,16+/m1/s1. The fourth-order valence-corrected chi connectivity index (χ4v) is 4.37. The normalized spacial score (nSPS) is 27.1. The minimum Gasteiger partial charge on any atom is -0.376 e. The molecule has 0 aliphatic carbocycles. The van der Waals surface area contributed by atoms with Gasteiger partial charge in [-0.1, -0.05) is 5.16 Å². The Kier molecular flexibility index (Phi) is 4.64. The monoisotopic (exact) mass is 347 g/mol. The molecule has 24 heavy (non-hydrogen) atoms. The van der Waals surface area contributed by atoms with Crippen LogP contribution in [0, 0.1) is 11.8 Å². The number of thiophene rings is 1. The van der Waals surface area contributed by atoms with Crippen molar-refractivity contribution in [2.45, 2.75) is 19.1 Å². The first-order valence-corrected chi connectivity index (χ1v) is 9.28. The number of hydrogen-bond donors (Lipinski definition) is 1. The number of nitrogens with one attached hydrogen (secondary N) is 1. The van der Waals surface area contributed by atoms with Gasteiger partial charge < -0.3 is 14.6 Å². The minimum atomic E-state index is -0.231. The third kappa shape index (κ3) is 3.38. The predicted octanol–water partition coefficient (Wildman–Crippen LogP) is 2.00. The number of carbonyl (C=O) groups is 1. The fraction of sp³-hybridized carbons (Fsp3) is 0.529. The first kappa shape index (κ1) is 15.8. The van der Waals surface area contributed by atoms with Crippen molar-refractivity contribution in [1.29, 1.82) is 0 Å². The summed E-state index contributed by atoms with van der Waals surface area (Å²) in [5.74, 6) is 1.10. The molecule has 2 aliphatic heterocycles. The molecule has 2 saturated heterocycles. The Morgan fingerprint density at radius 2 is 2.42 bits per heavy atom. The number of piperidine rings is 1. The predicted molar refractivity (Wildman–Crippen MR) is 89.8 cm³/mol. The Bertz CT molecular complexity index is 659. The third-order valence-electron chi connectivity index (χ3n) is 5.00. The highest BCUT2D eigenvalue weighted by Gasteiger charge is 2.40. The zero-order valence-electron chi connectivity index (χ0n) is 13.4. The maximum absolute atomic E-state index is 12.0. The smallest absolute Gasteiger partial charge is 0.289 e. The molecule has 7 heteroatoms. The van der Waals surface area contributed by atoms with Crippen LogP contribution in [0.25, 0.3) is 0 Å². The molecule has 2 aromatic heterocycles. The molecule has 2 aromatic rings. The Hall–Kier alpha value is -1.70. The van der Waals surface area contributed by atoms with Crippen LogP contribution in [0.15, 0.2) is 33.6 Å². The molecule has 1 amide bonds. The van der Waals surface area contributed by atoms with Crippen molar-refractivity contribution in [3.8, 4) is 0 Å². The number of likely N-dealkylation sites (tertiary alicyclic amines) is 1. The lowest BCUT2D eigenvalue weighted by Crippen LogP contribution is -2.45. The highest BCUT2D eigenvalue weighted by Crippen LogP contribution is 2.34. The molecule has 1 N–H and O–H groups in total. The van der Waals surface area contributed by atoms with Crippen molar-refractivity contribution in [2.24, 2.45) is 11.8 Å². The molecule has 0 saturated carbocycles. The maximum Gasteiger partial charge on any atom is 0.289 e. The van der Waals surface area contributed by atoms with E-state index in [1.807, 2.05) is 0 Å². The largest absolute Gasteiger partial charge is 0.376 e. The van der Waals surface area contributed by atoms with Gasteiger partial charge in [-0.05, 0) is 41.3 Å². The number of hydrogen-bond acceptors (Lipinski definition) is 6. The highest BCUT2D eigenvalue weighted by molar-refractivity contribution is 7.07. The van der Waals surface area contributed by atoms with E-state index >= 15 is 0 Å². The van der Waals surface area contributed by atoms with Gasteiger partial charge in [0, 0.05) is 31.6 Å². The minimum absolute atomic E-state index is 0.0761. The van der Waals surface area contributed by atoms with Crippen LogP contribution in [0.1, 0.15) is 22.5 Å². The van der Waals surface area contributed by atoms with E-state index in [-0.39, 0.29) is 17.8 Å². The van der Waals surface area contributed by atoms with Gasteiger partial charge in [-0.25, -0.2) is 0 Å². The van der Waals surface area contributed by atoms with E-state index in [0.29, 0.717) is 18.4 Å². The SMILES string of the molecule is O=C(NC[C@@H]1OC[C@H]2CCN(Cc3ccsc3)C[C@H]21)c1ccno1. The molecule has 0 spiro atoms. The molecule has 4 heterocycles. The van der Waals surface area contributed by atoms with Gasteiger partial charge in [-0.15, -0.1) is 0 Å². The number of amides is 1. The molecule has 6 nitrogen and oxygen atoms in total. The zero-order chi connectivity index (χ0) is 16.4. The van der Waals surface area contributed by atoms with Crippen molar-refractivity contribution >= 4 is 17.2 Å². The van der Waals surface area contributed by atoms with Gasteiger partial charge in [-0.3, -0.25) is 9.69 Å². The van der Waals surface area contributed by atoms with E-state index in [4.69, 9.17) is 9.26 Å². The Balaban J connectivity index is 1.32. The summed E-state index contributed by atoms with van der Waals surface area (Å²) in [4.78, 5) is 14.5. The van der Waals surface area contributed by atoms with E-state index in [9.17, 15) is 4.79 Å². The van der Waals surface area contributed by atoms with Crippen LogP contribution in [-0.2, 0) is 11.3 Å². The molecule has 3 atom stereocenters. The third-order valence-corrected chi connectivity index (χ3v) is 5.74. The summed E-state index contributed by atoms with van der Waals surface area (Å²) in [6.07, 6.45) is 2.72. The first-order chi connectivity index (χ1) is 11.8. The highest BCUT2D eigenvalue weighted by atomic mass is 32.1. The van der Waals surface area contributed by atoms with Gasteiger partial charge in [-0.2, -0.15) is 11.3 Å². The fourth-order valence-electron chi connectivity index (χ4n) is 3.71. The van der Waals surface area contributed by atoms with Crippen LogP contribution in [0.3, 0.4) is 0 Å². The number of rotatable bonds is 5. The topological polar surface area (TPSA) is 67.6 Å². The van der Waals surface area contributed by atoms with Crippen LogP contribution >= 0.6 is 11.3 Å². The van der Waals surface area contributed by atoms with Crippen molar-refractivity contribution in [1.82, 2.24) is 15.4 Å². The number of carbonyl (C=O) groups excluding carboxylic acids is 1. The van der Waals surface area contributed by atoms with E-state index < -0.39 is 0 Å². The van der Waals surface area contributed by atoms with Gasteiger partial charge in [0.25, 0.3) is 5.91 Å². The number of fused-ring (bicyclic) bond motifs is 1. The second kappa shape index (κ2) is 7.04. The van der Waals surface area contributed by atoms with Gasteiger partial charge in [0.05, 0.1) is 18.9 Å². The van der Waals surface area contributed by atoms with E-state index in [1.54, 1.807) is 17.4 Å². The molecule has 2 aliphatic rings. The molecular weight excluding hydrogens is 326 g/mol. The average Bonchev–Trinajstić information content (AvgIpc) is 3.34. The average molecular weight is 347 g/mol. The summed E-state index contributed by atoms with van der Waals surface area (Å²) in [5.41, 5.74) is 1.38. The van der Waals surface area contributed by atoms with Crippen LogP contribution in [-0.4, -0.2) is 48.3 Å². The van der Waals surface area contributed by atoms with Crippen LogP contribution in [0.2, 0.25) is 0 Å². The lowest BCUT2D eigenvalue weighted by atomic mass is 9.84. The Morgan fingerprint density at radius 3 is 3.21 bits per heavy atom. The molecule has 0 bridgehead atoms. The second-order valence-corrected chi connectivity index (χ2v) is 7.32. The molecule has 0 aromatic carbocycles. The zero-order valence-corrected chi connectivity index (χ0v) is 14.2. The quantitative estimate of drug-likeness (QED) is 0.896.